The lowest BCUT2D eigenvalue weighted by Gasteiger charge is -2.13. The van der Waals surface area contributed by atoms with Crippen LogP contribution in [0.4, 0.5) is 5.69 Å². The number of hydrogen-bond acceptors (Lipinski definition) is 4. The van der Waals surface area contributed by atoms with Crippen molar-refractivity contribution in [1.29, 1.82) is 0 Å². The van der Waals surface area contributed by atoms with Crippen molar-refractivity contribution in [2.45, 2.75) is 24.8 Å². The summed E-state index contributed by atoms with van der Waals surface area (Å²) in [5.41, 5.74) is 1.74. The highest BCUT2D eigenvalue weighted by atomic mass is 32.2. The van der Waals surface area contributed by atoms with Crippen LogP contribution in [0.2, 0.25) is 0 Å². The molecule has 2 rings (SSSR count). The Morgan fingerprint density at radius 2 is 1.87 bits per heavy atom. The van der Waals surface area contributed by atoms with E-state index in [0.717, 1.165) is 10.5 Å². The number of thioether (sulfide) groups is 1. The number of esters is 1. The number of anilines is 1. The number of carbonyl (C=O) groups excluding carboxylic acids is 2. The second-order valence-corrected chi connectivity index (χ2v) is 6.14. The first-order chi connectivity index (χ1) is 11.0. The van der Waals surface area contributed by atoms with Crippen LogP contribution in [0.15, 0.2) is 59.5 Å². The van der Waals surface area contributed by atoms with Crippen molar-refractivity contribution < 1.29 is 14.3 Å². The van der Waals surface area contributed by atoms with Crippen molar-refractivity contribution >= 4 is 29.3 Å². The number of rotatable bonds is 6. The molecule has 0 spiro atoms. The predicted molar refractivity (Wildman–Crippen MR) is 92.5 cm³/mol. The van der Waals surface area contributed by atoms with Crippen LogP contribution in [-0.2, 0) is 14.3 Å². The van der Waals surface area contributed by atoms with Crippen molar-refractivity contribution in [3.63, 3.8) is 0 Å². The molecule has 0 heterocycles. The molecule has 0 aromatic heterocycles. The summed E-state index contributed by atoms with van der Waals surface area (Å²) in [5.74, 6) is -0.578. The van der Waals surface area contributed by atoms with Gasteiger partial charge in [0.25, 0.3) is 5.91 Å². The highest BCUT2D eigenvalue weighted by Gasteiger charge is 2.18. The van der Waals surface area contributed by atoms with E-state index in [1.54, 1.807) is 13.0 Å². The van der Waals surface area contributed by atoms with Crippen LogP contribution in [0, 0.1) is 6.92 Å². The van der Waals surface area contributed by atoms with Gasteiger partial charge in [-0.15, -0.1) is 11.8 Å². The lowest BCUT2D eigenvalue weighted by Crippen LogP contribution is -2.30. The minimum Gasteiger partial charge on any atom is -0.452 e. The van der Waals surface area contributed by atoms with Gasteiger partial charge in [-0.05, 0) is 43.7 Å². The molecule has 2 aromatic rings. The van der Waals surface area contributed by atoms with Crippen molar-refractivity contribution in [2.75, 3.05) is 11.1 Å². The predicted octanol–water partition coefficient (Wildman–Crippen LogP) is 3.66. The third-order valence-corrected chi connectivity index (χ3v) is 4.05. The van der Waals surface area contributed by atoms with Crippen molar-refractivity contribution in [1.82, 2.24) is 0 Å². The summed E-state index contributed by atoms with van der Waals surface area (Å²) < 4.78 is 5.16. The lowest BCUT2D eigenvalue weighted by atomic mass is 10.2. The average Bonchev–Trinajstić information content (AvgIpc) is 2.54. The second kappa shape index (κ2) is 8.39. The zero-order valence-electron chi connectivity index (χ0n) is 13.1. The molecule has 0 aliphatic rings. The fourth-order valence-electron chi connectivity index (χ4n) is 1.91. The second-order valence-electron chi connectivity index (χ2n) is 5.09. The van der Waals surface area contributed by atoms with Gasteiger partial charge in [-0.25, -0.2) is 0 Å². The third kappa shape index (κ3) is 5.79. The Morgan fingerprint density at radius 1 is 1.13 bits per heavy atom. The Hall–Kier alpha value is -2.27. The molecular weight excluding hydrogens is 310 g/mol. The monoisotopic (exact) mass is 329 g/mol. The molecule has 1 N–H and O–H groups in total. The first kappa shape index (κ1) is 17.1. The molecular formula is C18H19NO3S. The minimum absolute atomic E-state index is 0.173. The Bertz CT molecular complexity index is 673. The molecule has 0 aliphatic carbocycles. The van der Waals surface area contributed by atoms with Gasteiger partial charge < -0.3 is 10.1 Å². The number of hydrogen-bond donors (Lipinski definition) is 1. The standard InChI is InChI=1S/C18H19NO3S/c1-13-7-6-8-15(11-13)19-18(21)14(2)22-17(20)12-23-16-9-4-3-5-10-16/h3-11,14H,12H2,1-2H3,(H,19,21)/t14-/m0/s1. The zero-order valence-corrected chi connectivity index (χ0v) is 13.9. The first-order valence-electron chi connectivity index (χ1n) is 7.29. The summed E-state index contributed by atoms with van der Waals surface area (Å²) in [6, 6.07) is 17.0. The van der Waals surface area contributed by atoms with E-state index in [-0.39, 0.29) is 11.7 Å². The van der Waals surface area contributed by atoms with Crippen LogP contribution in [0.3, 0.4) is 0 Å². The van der Waals surface area contributed by atoms with Crippen molar-refractivity contribution in [3.8, 4) is 0 Å². The fraction of sp³-hybridized carbons (Fsp3) is 0.222. The van der Waals surface area contributed by atoms with Gasteiger partial charge in [0.2, 0.25) is 0 Å². The molecule has 23 heavy (non-hydrogen) atoms. The van der Waals surface area contributed by atoms with Gasteiger partial charge in [-0.1, -0.05) is 30.3 Å². The van der Waals surface area contributed by atoms with E-state index in [9.17, 15) is 9.59 Å². The smallest absolute Gasteiger partial charge is 0.317 e. The third-order valence-electron chi connectivity index (χ3n) is 3.06. The van der Waals surface area contributed by atoms with Crippen molar-refractivity contribution in [2.24, 2.45) is 0 Å². The van der Waals surface area contributed by atoms with E-state index in [1.807, 2.05) is 55.5 Å². The molecule has 0 radical (unpaired) electrons. The highest BCUT2D eigenvalue weighted by Crippen LogP contribution is 2.17. The molecule has 1 atom stereocenters. The van der Waals surface area contributed by atoms with Gasteiger partial charge in [0.1, 0.15) is 0 Å². The quantitative estimate of drug-likeness (QED) is 0.649. The number of nitrogens with one attached hydrogen (secondary N) is 1. The summed E-state index contributed by atoms with van der Waals surface area (Å²) >= 11 is 1.38. The number of ether oxygens (including phenoxy) is 1. The molecule has 0 unspecified atom stereocenters. The Balaban J connectivity index is 1.79. The van der Waals surface area contributed by atoms with Crippen LogP contribution in [0.1, 0.15) is 12.5 Å². The summed E-state index contributed by atoms with van der Waals surface area (Å²) in [4.78, 5) is 24.8. The number of carbonyl (C=O) groups is 2. The summed E-state index contributed by atoms with van der Waals surface area (Å²) in [6.07, 6.45) is -0.834. The minimum atomic E-state index is -0.834. The molecule has 5 heteroatoms. The first-order valence-corrected chi connectivity index (χ1v) is 8.28. The summed E-state index contributed by atoms with van der Waals surface area (Å²) in [6.45, 7) is 3.51. The molecule has 0 saturated carbocycles. The van der Waals surface area contributed by atoms with Gasteiger partial charge in [0.05, 0.1) is 5.75 Å². The number of aryl methyl sites for hydroxylation is 1. The SMILES string of the molecule is Cc1cccc(NC(=O)[C@H](C)OC(=O)CSc2ccccc2)c1. The Kier molecular flexibility index (Phi) is 6.23. The Morgan fingerprint density at radius 3 is 2.57 bits per heavy atom. The van der Waals surface area contributed by atoms with Gasteiger partial charge in [0, 0.05) is 10.6 Å². The maximum Gasteiger partial charge on any atom is 0.317 e. The summed E-state index contributed by atoms with van der Waals surface area (Å²) in [7, 11) is 0. The van der Waals surface area contributed by atoms with E-state index in [0.29, 0.717) is 5.69 Å². The van der Waals surface area contributed by atoms with Crippen LogP contribution < -0.4 is 5.32 Å². The maximum absolute atomic E-state index is 12.0. The highest BCUT2D eigenvalue weighted by molar-refractivity contribution is 8.00. The van der Waals surface area contributed by atoms with E-state index < -0.39 is 12.1 Å². The van der Waals surface area contributed by atoms with Crippen LogP contribution in [-0.4, -0.2) is 23.7 Å². The number of benzene rings is 2. The van der Waals surface area contributed by atoms with Gasteiger partial charge in [-0.3, -0.25) is 9.59 Å². The average molecular weight is 329 g/mol. The van der Waals surface area contributed by atoms with E-state index in [4.69, 9.17) is 4.74 Å². The molecule has 0 fully saturated rings. The topological polar surface area (TPSA) is 55.4 Å². The molecule has 0 aliphatic heterocycles. The zero-order chi connectivity index (χ0) is 16.7. The normalized spacial score (nSPS) is 11.6. The van der Waals surface area contributed by atoms with Crippen molar-refractivity contribution in [3.05, 3.63) is 60.2 Å². The van der Waals surface area contributed by atoms with Crippen LogP contribution >= 0.6 is 11.8 Å². The molecule has 2 aromatic carbocycles. The van der Waals surface area contributed by atoms with Gasteiger partial charge >= 0.3 is 5.97 Å². The maximum atomic E-state index is 12.0. The van der Waals surface area contributed by atoms with Crippen LogP contribution in [0.25, 0.3) is 0 Å². The van der Waals surface area contributed by atoms with Gasteiger partial charge in [-0.2, -0.15) is 0 Å². The largest absolute Gasteiger partial charge is 0.452 e. The molecule has 120 valence electrons. The molecule has 1 amide bonds. The number of amides is 1. The van der Waals surface area contributed by atoms with E-state index in [1.165, 1.54) is 11.8 Å². The molecule has 0 saturated heterocycles. The van der Waals surface area contributed by atoms with Crippen LogP contribution in [0.5, 0.6) is 0 Å². The lowest BCUT2D eigenvalue weighted by molar-refractivity contribution is -0.150. The van der Waals surface area contributed by atoms with Gasteiger partial charge in [0.15, 0.2) is 6.10 Å². The summed E-state index contributed by atoms with van der Waals surface area (Å²) in [5, 5.41) is 2.74. The molecule has 4 nitrogen and oxygen atoms in total. The van der Waals surface area contributed by atoms with E-state index >= 15 is 0 Å². The Labute approximate surface area is 140 Å². The molecule has 0 bridgehead atoms. The fourth-order valence-corrected chi connectivity index (χ4v) is 2.61. The van der Waals surface area contributed by atoms with E-state index in [2.05, 4.69) is 5.32 Å².